The molecular formula is C10H17N3S. The first-order valence-electron chi connectivity index (χ1n) is 4.75. The average molecular weight is 211 g/mol. The van der Waals surface area contributed by atoms with Crippen molar-refractivity contribution >= 4 is 17.6 Å². The summed E-state index contributed by atoms with van der Waals surface area (Å²) >= 11 is 1.88. The number of hydrogen-bond donors (Lipinski definition) is 1. The summed E-state index contributed by atoms with van der Waals surface area (Å²) in [7, 11) is 0. The molecule has 0 aliphatic heterocycles. The maximum atomic E-state index is 4.28. The van der Waals surface area contributed by atoms with E-state index < -0.39 is 0 Å². The zero-order valence-electron chi connectivity index (χ0n) is 8.95. The monoisotopic (exact) mass is 211 g/mol. The van der Waals surface area contributed by atoms with E-state index in [-0.39, 0.29) is 0 Å². The lowest BCUT2D eigenvalue weighted by Crippen LogP contribution is -2.14. The van der Waals surface area contributed by atoms with Crippen molar-refractivity contribution in [1.29, 1.82) is 0 Å². The van der Waals surface area contributed by atoms with Crippen LogP contribution in [0.1, 0.15) is 12.7 Å². The molecule has 1 unspecified atom stereocenters. The number of anilines is 1. The van der Waals surface area contributed by atoms with Gasteiger partial charge in [-0.1, -0.05) is 6.92 Å². The summed E-state index contributed by atoms with van der Waals surface area (Å²) in [6.07, 6.45) is 3.91. The lowest BCUT2D eigenvalue weighted by Gasteiger charge is -2.11. The van der Waals surface area contributed by atoms with E-state index in [9.17, 15) is 0 Å². The minimum Gasteiger partial charge on any atom is -0.370 e. The summed E-state index contributed by atoms with van der Waals surface area (Å²) in [5.74, 6) is 3.58. The van der Waals surface area contributed by atoms with Crippen LogP contribution in [-0.4, -0.2) is 28.5 Å². The number of thioether (sulfide) groups is 1. The van der Waals surface area contributed by atoms with E-state index in [2.05, 4.69) is 28.5 Å². The Hall–Kier alpha value is -0.770. The fourth-order valence-electron chi connectivity index (χ4n) is 1.18. The number of nitrogens with zero attached hydrogens (tertiary/aromatic N) is 2. The van der Waals surface area contributed by atoms with Crippen LogP contribution in [0.3, 0.4) is 0 Å². The van der Waals surface area contributed by atoms with Gasteiger partial charge in [0, 0.05) is 12.7 Å². The lowest BCUT2D eigenvalue weighted by atomic mass is 10.2. The van der Waals surface area contributed by atoms with E-state index >= 15 is 0 Å². The van der Waals surface area contributed by atoms with E-state index in [4.69, 9.17) is 0 Å². The largest absolute Gasteiger partial charge is 0.370 e. The molecule has 0 bridgehead atoms. The molecule has 1 aromatic heterocycles. The Kier molecular flexibility index (Phi) is 4.73. The van der Waals surface area contributed by atoms with Gasteiger partial charge in [0.2, 0.25) is 0 Å². The first-order chi connectivity index (χ1) is 6.72. The minimum absolute atomic E-state index is 0.667. The van der Waals surface area contributed by atoms with Crippen molar-refractivity contribution in [2.75, 3.05) is 23.9 Å². The Balaban J connectivity index is 2.37. The van der Waals surface area contributed by atoms with Gasteiger partial charge in [0.05, 0.1) is 0 Å². The third-order valence-electron chi connectivity index (χ3n) is 1.86. The number of aromatic nitrogens is 2. The summed E-state index contributed by atoms with van der Waals surface area (Å²) in [6.45, 7) is 5.10. The molecular weight excluding hydrogens is 194 g/mol. The standard InChI is InChI=1S/C10H17N3S/c1-8(7-14-3)6-12-10-4-5-11-9(2)13-10/h4-5,8H,6-7H2,1-3H3,(H,11,12,13). The van der Waals surface area contributed by atoms with Gasteiger partial charge in [-0.05, 0) is 30.9 Å². The van der Waals surface area contributed by atoms with Crippen LogP contribution >= 0.6 is 11.8 Å². The van der Waals surface area contributed by atoms with Crippen molar-refractivity contribution in [2.45, 2.75) is 13.8 Å². The molecule has 0 saturated carbocycles. The van der Waals surface area contributed by atoms with Crippen molar-refractivity contribution in [3.05, 3.63) is 18.1 Å². The number of aryl methyl sites for hydroxylation is 1. The van der Waals surface area contributed by atoms with E-state index in [1.54, 1.807) is 6.20 Å². The van der Waals surface area contributed by atoms with Crippen LogP contribution in [0.25, 0.3) is 0 Å². The molecule has 0 aliphatic rings. The number of nitrogens with one attached hydrogen (secondary N) is 1. The van der Waals surface area contributed by atoms with E-state index in [1.165, 1.54) is 5.75 Å². The third kappa shape index (κ3) is 3.96. The van der Waals surface area contributed by atoms with Crippen molar-refractivity contribution in [1.82, 2.24) is 9.97 Å². The van der Waals surface area contributed by atoms with Gasteiger partial charge in [0.15, 0.2) is 0 Å². The zero-order chi connectivity index (χ0) is 10.4. The predicted molar refractivity (Wildman–Crippen MR) is 62.8 cm³/mol. The van der Waals surface area contributed by atoms with E-state index in [0.717, 1.165) is 18.2 Å². The molecule has 0 amide bonds. The molecule has 78 valence electrons. The summed E-state index contributed by atoms with van der Waals surface area (Å²) in [5.41, 5.74) is 0. The van der Waals surface area contributed by atoms with Crippen LogP contribution < -0.4 is 5.32 Å². The molecule has 0 aromatic carbocycles. The smallest absolute Gasteiger partial charge is 0.129 e. The molecule has 0 spiro atoms. The SMILES string of the molecule is CSCC(C)CNc1ccnc(C)n1. The summed E-state index contributed by atoms with van der Waals surface area (Å²) in [4.78, 5) is 8.32. The van der Waals surface area contributed by atoms with Crippen molar-refractivity contribution in [2.24, 2.45) is 5.92 Å². The second-order valence-corrected chi connectivity index (χ2v) is 4.34. The van der Waals surface area contributed by atoms with Crippen LogP contribution in [0.15, 0.2) is 12.3 Å². The first-order valence-corrected chi connectivity index (χ1v) is 6.14. The molecule has 0 radical (unpaired) electrons. The van der Waals surface area contributed by atoms with Crippen LogP contribution in [0.5, 0.6) is 0 Å². The van der Waals surface area contributed by atoms with E-state index in [0.29, 0.717) is 5.92 Å². The molecule has 1 rings (SSSR count). The predicted octanol–water partition coefficient (Wildman–Crippen LogP) is 2.20. The molecule has 1 N–H and O–H groups in total. The van der Waals surface area contributed by atoms with Crippen molar-refractivity contribution < 1.29 is 0 Å². The van der Waals surface area contributed by atoms with Gasteiger partial charge < -0.3 is 5.32 Å². The van der Waals surface area contributed by atoms with Crippen LogP contribution in [0, 0.1) is 12.8 Å². The van der Waals surface area contributed by atoms with Crippen LogP contribution in [0.4, 0.5) is 5.82 Å². The Labute approximate surface area is 89.7 Å². The van der Waals surface area contributed by atoms with Crippen LogP contribution in [-0.2, 0) is 0 Å². The Morgan fingerprint density at radius 1 is 1.57 bits per heavy atom. The normalized spacial score (nSPS) is 12.5. The molecule has 0 fully saturated rings. The fraction of sp³-hybridized carbons (Fsp3) is 0.600. The fourth-order valence-corrected chi connectivity index (χ4v) is 1.86. The van der Waals surface area contributed by atoms with Gasteiger partial charge >= 0.3 is 0 Å². The molecule has 0 aliphatic carbocycles. The topological polar surface area (TPSA) is 37.8 Å². The van der Waals surface area contributed by atoms with Crippen molar-refractivity contribution in [3.8, 4) is 0 Å². The maximum Gasteiger partial charge on any atom is 0.129 e. The first kappa shape index (κ1) is 11.3. The van der Waals surface area contributed by atoms with Gasteiger partial charge in [0.1, 0.15) is 11.6 Å². The van der Waals surface area contributed by atoms with E-state index in [1.807, 2.05) is 24.8 Å². The quantitative estimate of drug-likeness (QED) is 0.810. The highest BCUT2D eigenvalue weighted by molar-refractivity contribution is 7.98. The molecule has 14 heavy (non-hydrogen) atoms. The Bertz CT molecular complexity index is 278. The van der Waals surface area contributed by atoms with Gasteiger partial charge in [-0.3, -0.25) is 0 Å². The summed E-state index contributed by atoms with van der Waals surface area (Å²) in [6, 6.07) is 1.90. The summed E-state index contributed by atoms with van der Waals surface area (Å²) in [5, 5.41) is 3.31. The van der Waals surface area contributed by atoms with Gasteiger partial charge in [-0.25, -0.2) is 9.97 Å². The second-order valence-electron chi connectivity index (χ2n) is 3.43. The van der Waals surface area contributed by atoms with Gasteiger partial charge in [-0.15, -0.1) is 0 Å². The second kappa shape index (κ2) is 5.86. The summed E-state index contributed by atoms with van der Waals surface area (Å²) < 4.78 is 0. The molecule has 3 nitrogen and oxygen atoms in total. The van der Waals surface area contributed by atoms with Crippen LogP contribution in [0.2, 0.25) is 0 Å². The molecule has 4 heteroatoms. The highest BCUT2D eigenvalue weighted by atomic mass is 32.2. The Morgan fingerprint density at radius 2 is 2.36 bits per heavy atom. The van der Waals surface area contributed by atoms with Gasteiger partial charge in [-0.2, -0.15) is 11.8 Å². The number of rotatable bonds is 5. The van der Waals surface area contributed by atoms with Gasteiger partial charge in [0.25, 0.3) is 0 Å². The zero-order valence-corrected chi connectivity index (χ0v) is 9.77. The average Bonchev–Trinajstić information content (AvgIpc) is 2.15. The maximum absolute atomic E-state index is 4.28. The lowest BCUT2D eigenvalue weighted by molar-refractivity contribution is 0.699. The minimum atomic E-state index is 0.667. The molecule has 0 saturated heterocycles. The van der Waals surface area contributed by atoms with Crippen molar-refractivity contribution in [3.63, 3.8) is 0 Å². The molecule has 1 heterocycles. The third-order valence-corrected chi connectivity index (χ3v) is 2.76. The molecule has 1 aromatic rings. The highest BCUT2D eigenvalue weighted by Gasteiger charge is 2.01. The molecule has 1 atom stereocenters. The Morgan fingerprint density at radius 3 is 3.00 bits per heavy atom. The highest BCUT2D eigenvalue weighted by Crippen LogP contribution is 2.07. The number of hydrogen-bond acceptors (Lipinski definition) is 4.